The summed E-state index contributed by atoms with van der Waals surface area (Å²) in [5, 5.41) is 0. The average Bonchev–Trinajstić information content (AvgIpc) is 2.30. The van der Waals surface area contributed by atoms with Crippen LogP contribution in [0.2, 0.25) is 0 Å². The Balaban J connectivity index is 2.49. The minimum absolute atomic E-state index is 0.134. The smallest absolute Gasteiger partial charge is 0.200 e. The summed E-state index contributed by atoms with van der Waals surface area (Å²) >= 11 is 3.05. The third-order valence-corrected chi connectivity index (χ3v) is 2.67. The Hall–Kier alpha value is -0.970. The van der Waals surface area contributed by atoms with Crippen molar-refractivity contribution in [3.05, 3.63) is 28.2 Å². The Labute approximate surface area is 107 Å². The number of ether oxygens (including phenoxy) is 1. The predicted octanol–water partition coefficient (Wildman–Crippen LogP) is 3.87. The molecule has 17 heavy (non-hydrogen) atoms. The largest absolute Gasteiger partial charge is 0.490 e. The Kier molecular flexibility index (Phi) is 5.55. The zero-order valence-corrected chi connectivity index (χ0v) is 11.0. The molecule has 0 aromatic heterocycles. The molecule has 1 rings (SSSR count). The topological polar surface area (TPSA) is 26.3 Å². The second-order valence-corrected chi connectivity index (χ2v) is 4.46. The molecule has 0 amide bonds. The highest BCUT2D eigenvalue weighted by molar-refractivity contribution is 9.10. The summed E-state index contributed by atoms with van der Waals surface area (Å²) in [5.41, 5.74) is 0. The van der Waals surface area contributed by atoms with Gasteiger partial charge in [-0.3, -0.25) is 4.79 Å². The van der Waals surface area contributed by atoms with Crippen LogP contribution in [0.4, 0.5) is 8.78 Å². The van der Waals surface area contributed by atoms with Gasteiger partial charge in [0, 0.05) is 17.3 Å². The molecule has 0 N–H and O–H groups in total. The van der Waals surface area contributed by atoms with Crippen molar-refractivity contribution in [2.24, 2.45) is 0 Å². The van der Waals surface area contributed by atoms with E-state index in [1.54, 1.807) is 6.92 Å². The zero-order chi connectivity index (χ0) is 12.8. The lowest BCUT2D eigenvalue weighted by Crippen LogP contribution is -2.04. The molecule has 0 aliphatic heterocycles. The molecular formula is C12H13BrF2O2. The molecule has 0 heterocycles. The second kappa shape index (κ2) is 6.69. The van der Waals surface area contributed by atoms with Crippen molar-refractivity contribution < 1.29 is 18.3 Å². The van der Waals surface area contributed by atoms with Crippen LogP contribution < -0.4 is 4.74 Å². The van der Waals surface area contributed by atoms with Gasteiger partial charge in [0.25, 0.3) is 0 Å². The van der Waals surface area contributed by atoms with E-state index in [4.69, 9.17) is 4.74 Å². The van der Waals surface area contributed by atoms with Gasteiger partial charge >= 0.3 is 0 Å². The standard InChI is InChI=1S/C12H13BrF2O2/c1-2-9(16)4-3-5-17-11-7-8(13)6-10(14)12(11)15/h6-7H,2-5H2,1H3. The van der Waals surface area contributed by atoms with Crippen molar-refractivity contribution >= 4 is 21.7 Å². The summed E-state index contributed by atoms with van der Waals surface area (Å²) in [6, 6.07) is 2.39. The van der Waals surface area contributed by atoms with Crippen LogP contribution in [-0.4, -0.2) is 12.4 Å². The molecule has 0 saturated heterocycles. The van der Waals surface area contributed by atoms with Gasteiger partial charge in [-0.1, -0.05) is 22.9 Å². The number of benzene rings is 1. The van der Waals surface area contributed by atoms with Crippen LogP contribution >= 0.6 is 15.9 Å². The van der Waals surface area contributed by atoms with Gasteiger partial charge in [0.15, 0.2) is 11.6 Å². The minimum atomic E-state index is -1.00. The third-order valence-electron chi connectivity index (χ3n) is 2.21. The zero-order valence-electron chi connectivity index (χ0n) is 9.43. The molecule has 0 aliphatic carbocycles. The summed E-state index contributed by atoms with van der Waals surface area (Å²) in [7, 11) is 0. The lowest BCUT2D eigenvalue weighted by molar-refractivity contribution is -0.118. The summed E-state index contributed by atoms with van der Waals surface area (Å²) < 4.78 is 31.7. The molecule has 0 radical (unpaired) electrons. The average molecular weight is 307 g/mol. The number of ketones is 1. The van der Waals surface area contributed by atoms with Crippen molar-refractivity contribution in [1.29, 1.82) is 0 Å². The van der Waals surface area contributed by atoms with Crippen LogP contribution in [0.1, 0.15) is 26.2 Å². The first kappa shape index (κ1) is 14.1. The monoisotopic (exact) mass is 306 g/mol. The summed E-state index contributed by atoms with van der Waals surface area (Å²) in [4.78, 5) is 11.0. The summed E-state index contributed by atoms with van der Waals surface area (Å²) in [5.74, 6) is -1.97. The van der Waals surface area contributed by atoms with Crippen LogP contribution in [0.5, 0.6) is 5.75 Å². The highest BCUT2D eigenvalue weighted by atomic mass is 79.9. The molecule has 0 unspecified atom stereocenters. The Morgan fingerprint density at radius 3 is 2.76 bits per heavy atom. The number of halogens is 3. The molecule has 94 valence electrons. The molecule has 0 fully saturated rings. The SMILES string of the molecule is CCC(=O)CCCOc1cc(Br)cc(F)c1F. The maximum atomic E-state index is 13.2. The van der Waals surface area contributed by atoms with Crippen molar-refractivity contribution in [3.63, 3.8) is 0 Å². The van der Waals surface area contributed by atoms with Gasteiger partial charge < -0.3 is 4.74 Å². The van der Waals surface area contributed by atoms with E-state index < -0.39 is 11.6 Å². The van der Waals surface area contributed by atoms with Gasteiger partial charge in [-0.2, -0.15) is 4.39 Å². The molecule has 0 bridgehead atoms. The highest BCUT2D eigenvalue weighted by Crippen LogP contribution is 2.25. The van der Waals surface area contributed by atoms with Gasteiger partial charge in [0.05, 0.1) is 6.61 Å². The Morgan fingerprint density at radius 1 is 1.41 bits per heavy atom. The number of hydrogen-bond donors (Lipinski definition) is 0. The number of carbonyl (C=O) groups excluding carboxylic acids is 1. The molecular weight excluding hydrogens is 294 g/mol. The number of Topliss-reactive ketones (excluding diaryl/α,β-unsaturated/α-hetero) is 1. The van der Waals surface area contributed by atoms with Crippen molar-refractivity contribution in [3.8, 4) is 5.75 Å². The van der Waals surface area contributed by atoms with Gasteiger partial charge in [-0.05, 0) is 18.6 Å². The van der Waals surface area contributed by atoms with Crippen molar-refractivity contribution in [2.75, 3.05) is 6.61 Å². The van der Waals surface area contributed by atoms with E-state index in [9.17, 15) is 13.6 Å². The van der Waals surface area contributed by atoms with E-state index in [2.05, 4.69) is 15.9 Å². The molecule has 0 atom stereocenters. The minimum Gasteiger partial charge on any atom is -0.490 e. The lowest BCUT2D eigenvalue weighted by Gasteiger charge is -2.07. The van der Waals surface area contributed by atoms with Gasteiger partial charge in [0.2, 0.25) is 5.82 Å². The first-order valence-electron chi connectivity index (χ1n) is 5.33. The fraction of sp³-hybridized carbons (Fsp3) is 0.417. The molecule has 0 saturated carbocycles. The van der Waals surface area contributed by atoms with Crippen LogP contribution in [0.3, 0.4) is 0 Å². The normalized spacial score (nSPS) is 10.4. The van der Waals surface area contributed by atoms with E-state index in [0.29, 0.717) is 23.7 Å². The van der Waals surface area contributed by atoms with Crippen molar-refractivity contribution in [1.82, 2.24) is 0 Å². The van der Waals surface area contributed by atoms with Crippen LogP contribution in [0.25, 0.3) is 0 Å². The quantitative estimate of drug-likeness (QED) is 0.589. The molecule has 0 spiro atoms. The number of carbonyl (C=O) groups is 1. The van der Waals surface area contributed by atoms with Crippen molar-refractivity contribution in [2.45, 2.75) is 26.2 Å². The second-order valence-electron chi connectivity index (χ2n) is 3.54. The lowest BCUT2D eigenvalue weighted by atomic mass is 10.2. The number of rotatable bonds is 6. The van der Waals surface area contributed by atoms with E-state index in [1.807, 2.05) is 0 Å². The van der Waals surface area contributed by atoms with Crippen LogP contribution in [-0.2, 0) is 4.79 Å². The van der Waals surface area contributed by atoms with Gasteiger partial charge in [-0.15, -0.1) is 0 Å². The summed E-state index contributed by atoms with van der Waals surface area (Å²) in [6.07, 6.45) is 1.38. The van der Waals surface area contributed by atoms with Gasteiger partial charge in [-0.25, -0.2) is 4.39 Å². The van der Waals surface area contributed by atoms with E-state index in [-0.39, 0.29) is 18.1 Å². The Bertz CT molecular complexity index is 408. The first-order valence-corrected chi connectivity index (χ1v) is 6.13. The van der Waals surface area contributed by atoms with E-state index >= 15 is 0 Å². The molecule has 0 aliphatic rings. The fourth-order valence-electron chi connectivity index (χ4n) is 1.27. The Morgan fingerprint density at radius 2 is 2.12 bits per heavy atom. The molecule has 1 aromatic rings. The first-order chi connectivity index (χ1) is 8.04. The predicted molar refractivity (Wildman–Crippen MR) is 64.1 cm³/mol. The highest BCUT2D eigenvalue weighted by Gasteiger charge is 2.11. The fourth-order valence-corrected chi connectivity index (χ4v) is 1.67. The maximum Gasteiger partial charge on any atom is 0.200 e. The van der Waals surface area contributed by atoms with Gasteiger partial charge in [0.1, 0.15) is 5.78 Å². The maximum absolute atomic E-state index is 13.2. The van der Waals surface area contributed by atoms with E-state index in [0.717, 1.165) is 6.07 Å². The van der Waals surface area contributed by atoms with Crippen LogP contribution in [0.15, 0.2) is 16.6 Å². The van der Waals surface area contributed by atoms with E-state index in [1.165, 1.54) is 6.07 Å². The summed E-state index contributed by atoms with van der Waals surface area (Å²) in [6.45, 7) is 1.98. The molecule has 1 aromatic carbocycles. The molecule has 2 nitrogen and oxygen atoms in total. The molecule has 5 heteroatoms. The van der Waals surface area contributed by atoms with Crippen LogP contribution in [0, 0.1) is 11.6 Å². The third kappa shape index (κ3) is 4.42. The number of hydrogen-bond acceptors (Lipinski definition) is 2.